The maximum absolute atomic E-state index is 14.1. The minimum Gasteiger partial charge on any atom is -0.352 e. The van der Waals surface area contributed by atoms with Crippen molar-refractivity contribution < 1.29 is 18.0 Å². The molecule has 0 saturated heterocycles. The van der Waals surface area contributed by atoms with Gasteiger partial charge in [-0.2, -0.15) is 0 Å². The van der Waals surface area contributed by atoms with E-state index in [2.05, 4.69) is 5.32 Å². The summed E-state index contributed by atoms with van der Waals surface area (Å²) in [4.78, 5) is 29.0. The van der Waals surface area contributed by atoms with Crippen LogP contribution in [0, 0.1) is 13.8 Å². The van der Waals surface area contributed by atoms with Crippen LogP contribution < -0.4 is 9.62 Å². The molecule has 3 aromatic rings. The number of hydrogen-bond acceptors (Lipinski definition) is 4. The fourth-order valence-electron chi connectivity index (χ4n) is 4.34. The van der Waals surface area contributed by atoms with Crippen LogP contribution in [0.3, 0.4) is 0 Å². The van der Waals surface area contributed by atoms with Gasteiger partial charge in [0.15, 0.2) is 0 Å². The second-order valence-corrected chi connectivity index (χ2v) is 12.9. The summed E-state index contributed by atoms with van der Waals surface area (Å²) < 4.78 is 29.0. The van der Waals surface area contributed by atoms with Gasteiger partial charge in [-0.15, -0.1) is 0 Å². The number of benzene rings is 3. The van der Waals surface area contributed by atoms with Gasteiger partial charge >= 0.3 is 0 Å². The number of nitrogens with one attached hydrogen (secondary N) is 1. The maximum atomic E-state index is 14.1. The van der Waals surface area contributed by atoms with Gasteiger partial charge in [0, 0.05) is 12.6 Å². The second-order valence-electron chi connectivity index (χ2n) is 10.2. The van der Waals surface area contributed by atoms with Gasteiger partial charge in [0.1, 0.15) is 12.6 Å². The van der Waals surface area contributed by atoms with E-state index in [-0.39, 0.29) is 23.4 Å². The van der Waals surface area contributed by atoms with E-state index < -0.39 is 28.5 Å². The van der Waals surface area contributed by atoms with E-state index in [0.29, 0.717) is 27.7 Å². The van der Waals surface area contributed by atoms with Crippen molar-refractivity contribution in [1.82, 2.24) is 10.2 Å². The first-order valence-electron chi connectivity index (χ1n) is 13.6. The third kappa shape index (κ3) is 8.24. The molecular weight excluding hydrogens is 581 g/mol. The van der Waals surface area contributed by atoms with Crippen LogP contribution in [0.2, 0.25) is 10.0 Å². The number of anilines is 1. The fraction of sp³-hybridized carbons (Fsp3) is 0.355. The van der Waals surface area contributed by atoms with Crippen LogP contribution in [0.25, 0.3) is 0 Å². The molecule has 0 spiro atoms. The topological polar surface area (TPSA) is 86.8 Å². The van der Waals surface area contributed by atoms with Gasteiger partial charge in [-0.05, 0) is 81.1 Å². The highest BCUT2D eigenvalue weighted by Crippen LogP contribution is 2.27. The number of carbonyl (C=O) groups excluding carboxylic acids is 2. The summed E-state index contributed by atoms with van der Waals surface area (Å²) in [6.45, 7) is 8.92. The third-order valence-electron chi connectivity index (χ3n) is 6.90. The van der Waals surface area contributed by atoms with Crippen LogP contribution in [0.5, 0.6) is 0 Å². The average molecular weight is 619 g/mol. The van der Waals surface area contributed by atoms with E-state index in [9.17, 15) is 18.0 Å². The van der Waals surface area contributed by atoms with Gasteiger partial charge in [-0.3, -0.25) is 13.9 Å². The summed E-state index contributed by atoms with van der Waals surface area (Å²) in [5.41, 5.74) is 2.76. The lowest BCUT2D eigenvalue weighted by molar-refractivity contribution is -0.140. The zero-order valence-electron chi connectivity index (χ0n) is 24.0. The van der Waals surface area contributed by atoms with Crippen LogP contribution >= 0.6 is 23.2 Å². The predicted molar refractivity (Wildman–Crippen MR) is 166 cm³/mol. The first-order valence-corrected chi connectivity index (χ1v) is 15.8. The van der Waals surface area contributed by atoms with Crippen molar-refractivity contribution in [1.29, 1.82) is 0 Å². The van der Waals surface area contributed by atoms with Gasteiger partial charge in [0.05, 0.1) is 20.6 Å². The summed E-state index contributed by atoms with van der Waals surface area (Å²) in [5.74, 6) is -0.835. The lowest BCUT2D eigenvalue weighted by Crippen LogP contribution is -2.53. The Morgan fingerprint density at radius 2 is 1.56 bits per heavy atom. The minimum absolute atomic E-state index is 0.0361. The largest absolute Gasteiger partial charge is 0.352 e. The molecule has 0 unspecified atom stereocenters. The van der Waals surface area contributed by atoms with Crippen molar-refractivity contribution in [2.24, 2.45) is 0 Å². The zero-order chi connectivity index (χ0) is 30.3. The number of aryl methyl sites for hydroxylation is 2. The highest BCUT2D eigenvalue weighted by atomic mass is 35.5. The van der Waals surface area contributed by atoms with Crippen molar-refractivity contribution in [3.63, 3.8) is 0 Å². The Labute approximate surface area is 253 Å². The predicted octanol–water partition coefficient (Wildman–Crippen LogP) is 6.53. The molecule has 220 valence electrons. The van der Waals surface area contributed by atoms with Crippen LogP contribution in [-0.2, 0) is 26.2 Å². The van der Waals surface area contributed by atoms with Gasteiger partial charge < -0.3 is 10.2 Å². The molecule has 0 fully saturated rings. The molecular formula is C31H37Cl2N3O4S. The molecule has 7 nitrogen and oxygen atoms in total. The number of hydrogen-bond donors (Lipinski definition) is 1. The number of rotatable bonds is 12. The normalized spacial score (nSPS) is 12.9. The lowest BCUT2D eigenvalue weighted by atomic mass is 10.1. The van der Waals surface area contributed by atoms with Crippen LogP contribution in [0.4, 0.5) is 5.69 Å². The molecule has 0 aromatic heterocycles. The van der Waals surface area contributed by atoms with Crippen molar-refractivity contribution in [2.75, 3.05) is 10.8 Å². The molecule has 1 N–H and O–H groups in total. The monoisotopic (exact) mass is 617 g/mol. The minimum atomic E-state index is -4.13. The van der Waals surface area contributed by atoms with Gasteiger partial charge in [0.25, 0.3) is 10.0 Å². The molecule has 3 rings (SSSR count). The highest BCUT2D eigenvalue weighted by Gasteiger charge is 2.34. The van der Waals surface area contributed by atoms with Gasteiger partial charge in [0.2, 0.25) is 11.8 Å². The van der Waals surface area contributed by atoms with Crippen molar-refractivity contribution >= 4 is 50.7 Å². The van der Waals surface area contributed by atoms with E-state index in [0.717, 1.165) is 21.9 Å². The van der Waals surface area contributed by atoms with Crippen molar-refractivity contribution in [2.45, 2.75) is 71.0 Å². The number of sulfonamides is 1. The first kappa shape index (κ1) is 32.4. The van der Waals surface area contributed by atoms with Crippen molar-refractivity contribution in [3.8, 4) is 0 Å². The van der Waals surface area contributed by atoms with Gasteiger partial charge in [-0.25, -0.2) is 8.42 Å². The molecule has 3 aromatic carbocycles. The summed E-state index contributed by atoms with van der Waals surface area (Å²) in [6.07, 6.45) is 1.04. The molecule has 0 aliphatic carbocycles. The molecule has 0 bridgehead atoms. The van der Waals surface area contributed by atoms with Crippen LogP contribution in [-0.4, -0.2) is 43.8 Å². The van der Waals surface area contributed by atoms with E-state index in [1.54, 1.807) is 48.5 Å². The SMILES string of the molecule is CC[C@H](C(=O)N[C@@H](C)CC)N(Cc1ccc(Cl)c(Cl)c1)C(=O)CN(c1cccc(C)c1)S(=O)(=O)c1ccc(C)cc1. The Kier molecular flexibility index (Phi) is 11.2. The van der Waals surface area contributed by atoms with Crippen LogP contribution in [0.1, 0.15) is 50.3 Å². The van der Waals surface area contributed by atoms with Crippen molar-refractivity contribution in [3.05, 3.63) is 93.5 Å². The van der Waals surface area contributed by atoms with Crippen LogP contribution in [0.15, 0.2) is 71.6 Å². The molecule has 2 amide bonds. The Balaban J connectivity index is 2.08. The number of amides is 2. The second kappa shape index (κ2) is 14.2. The Morgan fingerprint density at radius 3 is 2.15 bits per heavy atom. The summed E-state index contributed by atoms with van der Waals surface area (Å²) in [6, 6.07) is 17.5. The Hall–Kier alpha value is -3.07. The van der Waals surface area contributed by atoms with E-state index in [1.807, 2.05) is 40.7 Å². The maximum Gasteiger partial charge on any atom is 0.264 e. The quantitative estimate of drug-likeness (QED) is 0.250. The summed E-state index contributed by atoms with van der Waals surface area (Å²) in [5, 5.41) is 3.65. The van der Waals surface area contributed by atoms with E-state index in [1.165, 1.54) is 17.0 Å². The third-order valence-corrected chi connectivity index (χ3v) is 9.43. The molecule has 2 atom stereocenters. The molecule has 0 heterocycles. The molecule has 0 aliphatic heterocycles. The number of halogens is 2. The Bertz CT molecular complexity index is 1480. The number of carbonyl (C=O) groups is 2. The lowest BCUT2D eigenvalue weighted by Gasteiger charge is -2.34. The summed E-state index contributed by atoms with van der Waals surface area (Å²) in [7, 11) is -4.13. The molecule has 0 radical (unpaired) electrons. The highest BCUT2D eigenvalue weighted by molar-refractivity contribution is 7.92. The molecule has 10 heteroatoms. The molecule has 0 aliphatic rings. The smallest absolute Gasteiger partial charge is 0.264 e. The zero-order valence-corrected chi connectivity index (χ0v) is 26.4. The fourth-order valence-corrected chi connectivity index (χ4v) is 6.07. The summed E-state index contributed by atoms with van der Waals surface area (Å²) >= 11 is 12.4. The number of nitrogens with zero attached hydrogens (tertiary/aromatic N) is 2. The average Bonchev–Trinajstić information content (AvgIpc) is 2.93. The first-order chi connectivity index (χ1) is 19.4. The standard InChI is InChI=1S/C31H37Cl2N3O4S/c1-6-23(5)34-31(38)29(7-2)35(19-24-13-16-27(32)28(33)18-24)30(37)20-36(25-10-8-9-22(4)17-25)41(39,40)26-14-11-21(3)12-15-26/h8-18,23,29H,6-7,19-20H2,1-5H3,(H,34,38)/t23-,29+/m0/s1. The molecule has 0 saturated carbocycles. The molecule has 41 heavy (non-hydrogen) atoms. The van der Waals surface area contributed by atoms with E-state index >= 15 is 0 Å². The van der Waals surface area contributed by atoms with Gasteiger partial charge in [-0.1, -0.05) is 72.9 Å². The van der Waals surface area contributed by atoms with E-state index in [4.69, 9.17) is 23.2 Å². The Morgan fingerprint density at radius 1 is 0.878 bits per heavy atom.